The van der Waals surface area contributed by atoms with Crippen LogP contribution in [-0.2, 0) is 16.1 Å². The average Bonchev–Trinajstić information content (AvgIpc) is 2.61. The maximum Gasteiger partial charge on any atom is 0.338 e. The largest absolute Gasteiger partial charge is 0.457 e. The van der Waals surface area contributed by atoms with Crippen molar-refractivity contribution >= 4 is 33.3 Å². The minimum Gasteiger partial charge on any atom is -0.457 e. The fourth-order valence-electron chi connectivity index (χ4n) is 2.06. The Balaban J connectivity index is 2.07. The van der Waals surface area contributed by atoms with Crippen LogP contribution in [0.15, 0.2) is 46.9 Å². The number of ether oxygens (including phenoxy) is 2. The molecule has 1 N–H and O–H groups in total. The Labute approximate surface area is 153 Å². The van der Waals surface area contributed by atoms with E-state index in [1.807, 2.05) is 24.3 Å². The number of anilines is 1. The maximum atomic E-state index is 12.1. The molecule has 0 fully saturated rings. The Bertz CT molecular complexity index is 749. The summed E-state index contributed by atoms with van der Waals surface area (Å²) in [5.41, 5.74) is 1.09. The van der Waals surface area contributed by atoms with Gasteiger partial charge in [0.25, 0.3) is 5.69 Å². The van der Waals surface area contributed by atoms with Gasteiger partial charge in [-0.25, -0.2) is 4.79 Å². The second kappa shape index (κ2) is 9.14. The highest BCUT2D eigenvalue weighted by atomic mass is 79.9. The number of nitro benzene ring substituents is 1. The minimum absolute atomic E-state index is 0.0910. The van der Waals surface area contributed by atoms with Gasteiger partial charge < -0.3 is 14.8 Å². The highest BCUT2D eigenvalue weighted by Gasteiger charge is 2.18. The Hall–Kier alpha value is -2.45. The van der Waals surface area contributed by atoms with Gasteiger partial charge in [-0.05, 0) is 29.8 Å². The van der Waals surface area contributed by atoms with Crippen molar-refractivity contribution in [3.05, 3.63) is 68.2 Å². The molecule has 2 aromatic rings. The predicted molar refractivity (Wildman–Crippen MR) is 96.7 cm³/mol. The van der Waals surface area contributed by atoms with Crippen LogP contribution in [0.2, 0.25) is 0 Å². The summed E-state index contributed by atoms with van der Waals surface area (Å²) >= 11 is 3.33. The zero-order valence-corrected chi connectivity index (χ0v) is 15.1. The summed E-state index contributed by atoms with van der Waals surface area (Å²) < 4.78 is 11.0. The zero-order chi connectivity index (χ0) is 18.2. The van der Waals surface area contributed by atoms with Crippen molar-refractivity contribution in [3.63, 3.8) is 0 Å². The summed E-state index contributed by atoms with van der Waals surface area (Å²) in [6, 6.07) is 11.5. The van der Waals surface area contributed by atoms with Crippen LogP contribution in [0.1, 0.15) is 15.9 Å². The third-order valence-corrected chi connectivity index (χ3v) is 3.86. The van der Waals surface area contributed by atoms with Crippen molar-refractivity contribution in [3.8, 4) is 0 Å². The van der Waals surface area contributed by atoms with Crippen molar-refractivity contribution in [1.82, 2.24) is 0 Å². The van der Waals surface area contributed by atoms with Crippen molar-refractivity contribution in [2.75, 3.05) is 25.6 Å². The van der Waals surface area contributed by atoms with Gasteiger partial charge in [-0.15, -0.1) is 0 Å². The normalized spacial score (nSPS) is 10.3. The molecule has 0 aliphatic carbocycles. The lowest BCUT2D eigenvalue weighted by Gasteiger charge is -2.09. The Morgan fingerprint density at radius 1 is 1.24 bits per heavy atom. The van der Waals surface area contributed by atoms with E-state index in [1.165, 1.54) is 18.2 Å². The molecule has 0 aromatic heterocycles. The average molecular weight is 409 g/mol. The number of methoxy groups -OCH3 is 1. The number of esters is 1. The molecule has 0 saturated carbocycles. The molecule has 0 aliphatic rings. The number of rotatable bonds is 8. The second-order valence-corrected chi connectivity index (χ2v) is 6.03. The van der Waals surface area contributed by atoms with Crippen LogP contribution in [0.25, 0.3) is 0 Å². The smallest absolute Gasteiger partial charge is 0.338 e. The van der Waals surface area contributed by atoms with Gasteiger partial charge in [-0.2, -0.15) is 0 Å². The molecule has 0 amide bonds. The second-order valence-electron chi connectivity index (χ2n) is 5.11. The summed E-state index contributed by atoms with van der Waals surface area (Å²) in [6.45, 7) is 0.923. The monoisotopic (exact) mass is 408 g/mol. The summed E-state index contributed by atoms with van der Waals surface area (Å²) in [5.74, 6) is -0.616. The number of carbonyl (C=O) groups excluding carboxylic acids is 1. The lowest BCUT2D eigenvalue weighted by Crippen LogP contribution is -2.11. The van der Waals surface area contributed by atoms with Gasteiger partial charge in [0, 0.05) is 24.2 Å². The quantitative estimate of drug-likeness (QED) is 0.309. The van der Waals surface area contributed by atoms with E-state index in [0.717, 1.165) is 10.0 Å². The first-order valence-corrected chi connectivity index (χ1v) is 8.23. The summed E-state index contributed by atoms with van der Waals surface area (Å²) in [4.78, 5) is 22.8. The van der Waals surface area contributed by atoms with Crippen molar-refractivity contribution in [1.29, 1.82) is 0 Å². The Kier molecular flexibility index (Phi) is 6.91. The van der Waals surface area contributed by atoms with E-state index >= 15 is 0 Å². The fraction of sp³-hybridized carbons (Fsp3) is 0.235. The van der Waals surface area contributed by atoms with Crippen molar-refractivity contribution in [2.24, 2.45) is 0 Å². The number of nitro groups is 1. The molecule has 132 valence electrons. The molecule has 0 saturated heterocycles. The highest BCUT2D eigenvalue weighted by Crippen LogP contribution is 2.26. The van der Waals surface area contributed by atoms with E-state index in [-0.39, 0.29) is 17.9 Å². The van der Waals surface area contributed by atoms with Crippen LogP contribution < -0.4 is 5.32 Å². The molecule has 2 aromatic carbocycles. The molecule has 7 nitrogen and oxygen atoms in total. The molecule has 2 rings (SSSR count). The van der Waals surface area contributed by atoms with Gasteiger partial charge in [-0.1, -0.05) is 28.1 Å². The number of carbonyl (C=O) groups is 1. The molecule has 0 spiro atoms. The SMILES string of the molecule is COCCNc1ccc(C(=O)OCc2ccc(Br)cc2)cc1[N+](=O)[O-]. The number of nitrogens with one attached hydrogen (secondary N) is 1. The fourth-order valence-corrected chi connectivity index (χ4v) is 2.32. The maximum absolute atomic E-state index is 12.1. The summed E-state index contributed by atoms with van der Waals surface area (Å²) in [5, 5.41) is 14.1. The van der Waals surface area contributed by atoms with Crippen molar-refractivity contribution in [2.45, 2.75) is 6.61 Å². The molecule has 0 atom stereocenters. The number of hydrogen-bond acceptors (Lipinski definition) is 6. The van der Waals surface area contributed by atoms with Crippen LogP contribution in [0.4, 0.5) is 11.4 Å². The number of nitrogens with zero attached hydrogens (tertiary/aromatic N) is 1. The molecule has 8 heteroatoms. The number of hydrogen-bond donors (Lipinski definition) is 1. The molecular weight excluding hydrogens is 392 g/mol. The van der Waals surface area contributed by atoms with Gasteiger partial charge >= 0.3 is 5.97 Å². The first-order valence-electron chi connectivity index (χ1n) is 7.44. The topological polar surface area (TPSA) is 90.7 Å². The van der Waals surface area contributed by atoms with Crippen LogP contribution in [0.5, 0.6) is 0 Å². The minimum atomic E-state index is -0.616. The van der Waals surface area contributed by atoms with Crippen molar-refractivity contribution < 1.29 is 19.2 Å². The van der Waals surface area contributed by atoms with Gasteiger partial charge in [0.2, 0.25) is 0 Å². The standard InChI is InChI=1S/C17H17BrN2O5/c1-24-9-8-19-15-7-4-13(10-16(15)20(22)23)17(21)25-11-12-2-5-14(18)6-3-12/h2-7,10,19H,8-9,11H2,1H3. The van der Waals surface area contributed by atoms with E-state index in [4.69, 9.17) is 9.47 Å². The first kappa shape index (κ1) is 18.9. The predicted octanol–water partition coefficient (Wildman–Crippen LogP) is 3.77. The third-order valence-electron chi connectivity index (χ3n) is 3.33. The van der Waals surface area contributed by atoms with E-state index in [1.54, 1.807) is 7.11 Å². The van der Waals surface area contributed by atoms with Gasteiger partial charge in [0.05, 0.1) is 17.1 Å². The van der Waals surface area contributed by atoms with Gasteiger partial charge in [0.15, 0.2) is 0 Å². The number of halogens is 1. The Morgan fingerprint density at radius 2 is 1.96 bits per heavy atom. The van der Waals surface area contributed by atoms with E-state index in [2.05, 4.69) is 21.2 Å². The summed E-state index contributed by atoms with van der Waals surface area (Å²) in [7, 11) is 1.54. The van der Waals surface area contributed by atoms with E-state index in [0.29, 0.717) is 18.8 Å². The molecule has 25 heavy (non-hydrogen) atoms. The van der Waals surface area contributed by atoms with E-state index < -0.39 is 10.9 Å². The molecule has 0 bridgehead atoms. The molecule has 0 unspecified atom stereocenters. The third kappa shape index (κ3) is 5.54. The first-order chi connectivity index (χ1) is 12.0. The molecule has 0 heterocycles. The molecule has 0 aliphatic heterocycles. The number of benzene rings is 2. The Morgan fingerprint density at radius 3 is 2.60 bits per heavy atom. The van der Waals surface area contributed by atoms with Crippen LogP contribution in [0, 0.1) is 10.1 Å². The van der Waals surface area contributed by atoms with Crippen LogP contribution in [-0.4, -0.2) is 31.2 Å². The highest BCUT2D eigenvalue weighted by molar-refractivity contribution is 9.10. The van der Waals surface area contributed by atoms with Crippen LogP contribution >= 0.6 is 15.9 Å². The van der Waals surface area contributed by atoms with Gasteiger partial charge in [-0.3, -0.25) is 10.1 Å². The molecule has 0 radical (unpaired) electrons. The lowest BCUT2D eigenvalue weighted by atomic mass is 10.1. The summed E-state index contributed by atoms with van der Waals surface area (Å²) in [6.07, 6.45) is 0. The lowest BCUT2D eigenvalue weighted by molar-refractivity contribution is -0.384. The molecular formula is C17H17BrN2O5. The zero-order valence-electron chi connectivity index (χ0n) is 13.5. The van der Waals surface area contributed by atoms with E-state index in [9.17, 15) is 14.9 Å². The van der Waals surface area contributed by atoms with Crippen LogP contribution in [0.3, 0.4) is 0 Å². The van der Waals surface area contributed by atoms with Gasteiger partial charge in [0.1, 0.15) is 12.3 Å².